The van der Waals surface area contributed by atoms with E-state index in [4.69, 9.17) is 9.84 Å². The van der Waals surface area contributed by atoms with Crippen molar-refractivity contribution in [2.45, 2.75) is 51.7 Å². The fraction of sp³-hybridized carbons (Fsp3) is 0.917. The Bertz CT molecular complexity index is 218. The minimum Gasteiger partial charge on any atom is -0.462 e. The summed E-state index contributed by atoms with van der Waals surface area (Å²) < 4.78 is 5.34. The number of aliphatic hydroxyl groups is 1. The van der Waals surface area contributed by atoms with Gasteiger partial charge in [0, 0.05) is 12.6 Å². The summed E-state index contributed by atoms with van der Waals surface area (Å²) in [5, 5.41) is 12.2. The molecule has 16 heavy (non-hydrogen) atoms. The molecule has 0 aliphatic carbocycles. The smallest absolute Gasteiger partial charge is 0.309 e. The van der Waals surface area contributed by atoms with Gasteiger partial charge in [0.2, 0.25) is 0 Å². The van der Waals surface area contributed by atoms with Crippen LogP contribution in [0.15, 0.2) is 0 Å². The second-order valence-electron chi connectivity index (χ2n) is 4.54. The maximum atomic E-state index is 11.8. The molecular formula is C12H23NO3. The van der Waals surface area contributed by atoms with Crippen molar-refractivity contribution < 1.29 is 14.6 Å². The van der Waals surface area contributed by atoms with Gasteiger partial charge in [0.05, 0.1) is 12.0 Å². The van der Waals surface area contributed by atoms with Gasteiger partial charge in [-0.15, -0.1) is 0 Å². The van der Waals surface area contributed by atoms with Gasteiger partial charge >= 0.3 is 5.97 Å². The standard InChI is InChI=1S/C12H23NO3/c1-3-9(2)16-12(15)10-4-6-13-11(8-10)5-7-14/h9-11,13-14H,3-8H2,1-2H3. The quantitative estimate of drug-likeness (QED) is 0.693. The Kier molecular flexibility index (Phi) is 5.77. The zero-order valence-corrected chi connectivity index (χ0v) is 10.2. The fourth-order valence-electron chi connectivity index (χ4n) is 1.97. The Morgan fingerprint density at radius 2 is 2.38 bits per heavy atom. The third-order valence-electron chi connectivity index (χ3n) is 3.20. The largest absolute Gasteiger partial charge is 0.462 e. The summed E-state index contributed by atoms with van der Waals surface area (Å²) in [5.41, 5.74) is 0. The molecule has 1 aliphatic heterocycles. The molecule has 0 aromatic carbocycles. The second kappa shape index (κ2) is 6.86. The van der Waals surface area contributed by atoms with Crippen molar-refractivity contribution in [1.29, 1.82) is 0 Å². The Hall–Kier alpha value is -0.610. The van der Waals surface area contributed by atoms with Crippen molar-refractivity contribution in [2.24, 2.45) is 5.92 Å². The SMILES string of the molecule is CCC(C)OC(=O)C1CCNC(CCO)C1. The first-order valence-electron chi connectivity index (χ1n) is 6.22. The van der Waals surface area contributed by atoms with Crippen LogP contribution in [0.25, 0.3) is 0 Å². The van der Waals surface area contributed by atoms with Gasteiger partial charge in [0.25, 0.3) is 0 Å². The summed E-state index contributed by atoms with van der Waals surface area (Å²) in [6, 6.07) is 0.258. The molecule has 1 heterocycles. The number of aliphatic hydroxyl groups excluding tert-OH is 1. The number of rotatable bonds is 5. The number of esters is 1. The third-order valence-corrected chi connectivity index (χ3v) is 3.20. The molecule has 0 aromatic rings. The van der Waals surface area contributed by atoms with Crippen LogP contribution in [0.1, 0.15) is 39.5 Å². The van der Waals surface area contributed by atoms with Crippen LogP contribution in [0, 0.1) is 5.92 Å². The van der Waals surface area contributed by atoms with Gasteiger partial charge in [-0.05, 0) is 39.2 Å². The van der Waals surface area contributed by atoms with Crippen LogP contribution in [0.3, 0.4) is 0 Å². The number of piperidine rings is 1. The molecule has 0 bridgehead atoms. The van der Waals surface area contributed by atoms with Crippen LogP contribution in [0.5, 0.6) is 0 Å². The van der Waals surface area contributed by atoms with Crippen molar-refractivity contribution >= 4 is 5.97 Å². The molecule has 1 aliphatic rings. The van der Waals surface area contributed by atoms with Crippen molar-refractivity contribution in [3.63, 3.8) is 0 Å². The Morgan fingerprint density at radius 1 is 1.62 bits per heavy atom. The summed E-state index contributed by atoms with van der Waals surface area (Å²) in [5.74, 6) is -0.0643. The van der Waals surface area contributed by atoms with Gasteiger partial charge in [0.15, 0.2) is 0 Å². The lowest BCUT2D eigenvalue weighted by atomic mass is 9.91. The van der Waals surface area contributed by atoms with Gasteiger partial charge in [-0.2, -0.15) is 0 Å². The fourth-order valence-corrected chi connectivity index (χ4v) is 1.97. The molecule has 2 N–H and O–H groups in total. The second-order valence-corrected chi connectivity index (χ2v) is 4.54. The van der Waals surface area contributed by atoms with E-state index in [-0.39, 0.29) is 30.6 Å². The summed E-state index contributed by atoms with van der Waals surface area (Å²) >= 11 is 0. The number of hydrogen-bond donors (Lipinski definition) is 2. The summed E-state index contributed by atoms with van der Waals surface area (Å²) in [6.45, 7) is 4.94. The zero-order chi connectivity index (χ0) is 12.0. The van der Waals surface area contributed by atoms with Crippen molar-refractivity contribution in [2.75, 3.05) is 13.2 Å². The Morgan fingerprint density at radius 3 is 3.00 bits per heavy atom. The lowest BCUT2D eigenvalue weighted by Gasteiger charge is -2.29. The van der Waals surface area contributed by atoms with Gasteiger partial charge in [-0.1, -0.05) is 6.92 Å². The average Bonchev–Trinajstić information content (AvgIpc) is 2.29. The van der Waals surface area contributed by atoms with Crippen LogP contribution >= 0.6 is 0 Å². The molecule has 94 valence electrons. The lowest BCUT2D eigenvalue weighted by Crippen LogP contribution is -2.41. The zero-order valence-electron chi connectivity index (χ0n) is 10.2. The van der Waals surface area contributed by atoms with Crippen LogP contribution < -0.4 is 5.32 Å². The predicted molar refractivity (Wildman–Crippen MR) is 62.1 cm³/mol. The number of nitrogens with one attached hydrogen (secondary N) is 1. The molecule has 1 fully saturated rings. The van der Waals surface area contributed by atoms with Crippen LogP contribution in [-0.4, -0.2) is 36.4 Å². The molecule has 0 radical (unpaired) electrons. The van der Waals surface area contributed by atoms with E-state index in [0.29, 0.717) is 6.42 Å². The van der Waals surface area contributed by atoms with Crippen LogP contribution in [0.4, 0.5) is 0 Å². The maximum Gasteiger partial charge on any atom is 0.309 e. The van der Waals surface area contributed by atoms with E-state index in [1.54, 1.807) is 0 Å². The van der Waals surface area contributed by atoms with E-state index in [1.165, 1.54) is 0 Å². The minimum atomic E-state index is -0.0706. The van der Waals surface area contributed by atoms with Crippen LogP contribution in [-0.2, 0) is 9.53 Å². The van der Waals surface area contributed by atoms with Gasteiger partial charge in [-0.3, -0.25) is 4.79 Å². The third kappa shape index (κ3) is 4.10. The highest BCUT2D eigenvalue weighted by Gasteiger charge is 2.28. The first-order chi connectivity index (χ1) is 7.67. The number of carbonyl (C=O) groups is 1. The molecule has 0 spiro atoms. The summed E-state index contributed by atoms with van der Waals surface area (Å²) in [7, 11) is 0. The first kappa shape index (κ1) is 13.5. The van der Waals surface area contributed by atoms with Crippen molar-refractivity contribution in [3.05, 3.63) is 0 Å². The molecule has 0 amide bonds. The molecular weight excluding hydrogens is 206 g/mol. The van der Waals surface area contributed by atoms with Gasteiger partial charge in [0.1, 0.15) is 0 Å². The van der Waals surface area contributed by atoms with Crippen molar-refractivity contribution in [1.82, 2.24) is 5.32 Å². The van der Waals surface area contributed by atoms with E-state index in [0.717, 1.165) is 25.8 Å². The highest BCUT2D eigenvalue weighted by molar-refractivity contribution is 5.72. The molecule has 1 saturated heterocycles. The monoisotopic (exact) mass is 229 g/mol. The number of hydrogen-bond acceptors (Lipinski definition) is 4. The predicted octanol–water partition coefficient (Wildman–Crippen LogP) is 1.08. The van der Waals surface area contributed by atoms with E-state index in [2.05, 4.69) is 5.32 Å². The molecule has 4 nitrogen and oxygen atoms in total. The molecule has 1 rings (SSSR count). The average molecular weight is 229 g/mol. The molecule has 0 aromatic heterocycles. The topological polar surface area (TPSA) is 58.6 Å². The number of ether oxygens (including phenoxy) is 1. The lowest BCUT2D eigenvalue weighted by molar-refractivity contribution is -0.154. The van der Waals surface area contributed by atoms with E-state index in [1.807, 2.05) is 13.8 Å². The normalized spacial score (nSPS) is 27.4. The van der Waals surface area contributed by atoms with Gasteiger partial charge in [-0.25, -0.2) is 0 Å². The maximum absolute atomic E-state index is 11.8. The Balaban J connectivity index is 2.37. The van der Waals surface area contributed by atoms with E-state index >= 15 is 0 Å². The molecule has 3 atom stereocenters. The van der Waals surface area contributed by atoms with Crippen molar-refractivity contribution in [3.8, 4) is 0 Å². The van der Waals surface area contributed by atoms with E-state index in [9.17, 15) is 4.79 Å². The first-order valence-corrected chi connectivity index (χ1v) is 6.22. The highest BCUT2D eigenvalue weighted by atomic mass is 16.5. The van der Waals surface area contributed by atoms with E-state index < -0.39 is 0 Å². The minimum absolute atomic E-state index is 0.00630. The highest BCUT2D eigenvalue weighted by Crippen LogP contribution is 2.20. The summed E-state index contributed by atoms with van der Waals surface area (Å²) in [6.07, 6.45) is 3.22. The molecule has 0 saturated carbocycles. The van der Waals surface area contributed by atoms with Gasteiger partial charge < -0.3 is 15.2 Å². The number of carbonyl (C=O) groups excluding carboxylic acids is 1. The molecule has 4 heteroatoms. The Labute approximate surface area is 97.4 Å². The van der Waals surface area contributed by atoms with Crippen LogP contribution in [0.2, 0.25) is 0 Å². The summed E-state index contributed by atoms with van der Waals surface area (Å²) in [4.78, 5) is 11.8. The molecule has 3 unspecified atom stereocenters.